The molecule has 0 aromatic carbocycles. The number of nitrogens with zero attached hydrogens (tertiary/aromatic N) is 2. The SMILES string of the molecule is CCC(=O)NCCN(CC(=O)O)C(=O)Cn1cc(C)c(=O)[nH]c1=O. The maximum absolute atomic E-state index is 12.2. The maximum Gasteiger partial charge on any atom is 0.328 e. The maximum atomic E-state index is 12.2. The standard InChI is InChI=1S/C14H20N4O6/c1-3-10(19)15-4-5-17(8-12(21)22)11(20)7-18-6-9(2)13(23)16-14(18)24/h6H,3-5,7-8H2,1-2H3,(H,15,19)(H,21,22)(H,16,23,24). The highest BCUT2D eigenvalue weighted by Crippen LogP contribution is 1.94. The third kappa shape index (κ3) is 5.71. The number of nitrogens with one attached hydrogen (secondary N) is 2. The zero-order valence-corrected chi connectivity index (χ0v) is 13.5. The van der Waals surface area contributed by atoms with Gasteiger partial charge in [-0.15, -0.1) is 0 Å². The van der Waals surface area contributed by atoms with Crippen molar-refractivity contribution in [2.75, 3.05) is 19.6 Å². The zero-order chi connectivity index (χ0) is 18.3. The van der Waals surface area contributed by atoms with Crippen molar-refractivity contribution in [2.24, 2.45) is 0 Å². The number of carbonyl (C=O) groups is 3. The van der Waals surface area contributed by atoms with E-state index in [-0.39, 0.29) is 31.0 Å². The molecule has 0 aliphatic rings. The monoisotopic (exact) mass is 340 g/mol. The quantitative estimate of drug-likeness (QED) is 0.514. The molecule has 0 aliphatic heterocycles. The molecule has 132 valence electrons. The summed E-state index contributed by atoms with van der Waals surface area (Å²) in [6.07, 6.45) is 1.51. The number of carbonyl (C=O) groups excluding carboxylic acids is 2. The van der Waals surface area contributed by atoms with Crippen LogP contribution in [-0.2, 0) is 20.9 Å². The summed E-state index contributed by atoms with van der Waals surface area (Å²) in [7, 11) is 0. The molecule has 0 atom stereocenters. The Morgan fingerprint density at radius 2 is 2.00 bits per heavy atom. The number of H-pyrrole nitrogens is 1. The van der Waals surface area contributed by atoms with E-state index in [0.29, 0.717) is 0 Å². The Kier molecular flexibility index (Phi) is 6.90. The van der Waals surface area contributed by atoms with Crippen LogP contribution in [0.1, 0.15) is 18.9 Å². The summed E-state index contributed by atoms with van der Waals surface area (Å²) in [5.41, 5.74) is -1.05. The van der Waals surface area contributed by atoms with Crippen molar-refractivity contribution >= 4 is 17.8 Å². The summed E-state index contributed by atoms with van der Waals surface area (Å²) in [6, 6.07) is 0. The van der Waals surface area contributed by atoms with Gasteiger partial charge in [0.25, 0.3) is 5.56 Å². The third-order valence-corrected chi connectivity index (χ3v) is 3.20. The first kappa shape index (κ1) is 19.1. The van der Waals surface area contributed by atoms with Gasteiger partial charge in [0.2, 0.25) is 11.8 Å². The van der Waals surface area contributed by atoms with Gasteiger partial charge < -0.3 is 15.3 Å². The van der Waals surface area contributed by atoms with Gasteiger partial charge in [-0.05, 0) is 6.92 Å². The predicted molar refractivity (Wildman–Crippen MR) is 83.6 cm³/mol. The lowest BCUT2D eigenvalue weighted by Crippen LogP contribution is -2.44. The fourth-order valence-corrected chi connectivity index (χ4v) is 1.89. The van der Waals surface area contributed by atoms with Crippen LogP contribution in [0.15, 0.2) is 15.8 Å². The Morgan fingerprint density at radius 1 is 1.33 bits per heavy atom. The average molecular weight is 340 g/mol. The summed E-state index contributed by atoms with van der Waals surface area (Å²) in [4.78, 5) is 60.4. The van der Waals surface area contributed by atoms with Gasteiger partial charge in [0, 0.05) is 31.3 Å². The van der Waals surface area contributed by atoms with Crippen molar-refractivity contribution in [1.82, 2.24) is 19.8 Å². The van der Waals surface area contributed by atoms with Gasteiger partial charge in [0.1, 0.15) is 13.1 Å². The fourth-order valence-electron chi connectivity index (χ4n) is 1.89. The average Bonchev–Trinajstić information content (AvgIpc) is 2.50. The normalized spacial score (nSPS) is 10.2. The first-order valence-electron chi connectivity index (χ1n) is 7.31. The summed E-state index contributed by atoms with van der Waals surface area (Å²) in [5, 5.41) is 11.4. The van der Waals surface area contributed by atoms with Gasteiger partial charge in [0.15, 0.2) is 0 Å². The molecule has 0 aliphatic carbocycles. The summed E-state index contributed by atoms with van der Waals surface area (Å²) in [6.45, 7) is 2.28. The number of hydrogen-bond acceptors (Lipinski definition) is 5. The second-order valence-electron chi connectivity index (χ2n) is 5.11. The molecule has 10 nitrogen and oxygen atoms in total. The largest absolute Gasteiger partial charge is 0.480 e. The fraction of sp³-hybridized carbons (Fsp3) is 0.500. The predicted octanol–water partition coefficient (Wildman–Crippen LogP) is -1.72. The molecule has 10 heteroatoms. The molecule has 1 rings (SSSR count). The number of carboxylic acid groups (broad SMARTS) is 1. The lowest BCUT2D eigenvalue weighted by molar-refractivity contribution is -0.144. The Bertz CT molecular complexity index is 736. The number of aromatic amines is 1. The van der Waals surface area contributed by atoms with Gasteiger partial charge in [0.05, 0.1) is 0 Å². The Labute approximate surface area is 137 Å². The van der Waals surface area contributed by atoms with E-state index in [4.69, 9.17) is 5.11 Å². The zero-order valence-electron chi connectivity index (χ0n) is 13.5. The van der Waals surface area contributed by atoms with E-state index >= 15 is 0 Å². The molecule has 0 radical (unpaired) electrons. The highest BCUT2D eigenvalue weighted by atomic mass is 16.4. The van der Waals surface area contributed by atoms with Gasteiger partial charge in [-0.2, -0.15) is 0 Å². The molecule has 0 saturated carbocycles. The summed E-state index contributed by atoms with van der Waals surface area (Å²) >= 11 is 0. The van der Waals surface area contributed by atoms with Gasteiger partial charge in [-0.25, -0.2) is 4.79 Å². The number of hydrogen-bond donors (Lipinski definition) is 3. The number of carboxylic acids is 1. The van der Waals surface area contributed by atoms with Crippen LogP contribution < -0.4 is 16.6 Å². The van der Waals surface area contributed by atoms with Crippen molar-refractivity contribution in [3.8, 4) is 0 Å². The lowest BCUT2D eigenvalue weighted by Gasteiger charge is -2.21. The molecule has 24 heavy (non-hydrogen) atoms. The molecule has 0 fully saturated rings. The second-order valence-corrected chi connectivity index (χ2v) is 5.11. The first-order chi connectivity index (χ1) is 11.2. The molecule has 0 bridgehead atoms. The Hall–Kier alpha value is -2.91. The smallest absolute Gasteiger partial charge is 0.328 e. The van der Waals surface area contributed by atoms with Crippen molar-refractivity contribution in [2.45, 2.75) is 26.8 Å². The molecule has 0 unspecified atom stereocenters. The van der Waals surface area contributed by atoms with Gasteiger partial charge in [-0.1, -0.05) is 6.92 Å². The van der Waals surface area contributed by atoms with E-state index < -0.39 is 36.2 Å². The summed E-state index contributed by atoms with van der Waals surface area (Å²) < 4.78 is 0.999. The number of rotatable bonds is 8. The van der Waals surface area contributed by atoms with Crippen molar-refractivity contribution in [3.05, 3.63) is 32.6 Å². The molecule has 0 saturated heterocycles. The van der Waals surface area contributed by atoms with Crippen LogP contribution >= 0.6 is 0 Å². The van der Waals surface area contributed by atoms with E-state index in [2.05, 4.69) is 10.3 Å². The van der Waals surface area contributed by atoms with Crippen molar-refractivity contribution in [1.29, 1.82) is 0 Å². The number of amides is 2. The Balaban J connectivity index is 2.82. The van der Waals surface area contributed by atoms with Gasteiger partial charge in [-0.3, -0.25) is 28.7 Å². The van der Waals surface area contributed by atoms with E-state index in [1.165, 1.54) is 13.1 Å². The number of aromatic nitrogens is 2. The minimum absolute atomic E-state index is 0.00599. The topological polar surface area (TPSA) is 142 Å². The van der Waals surface area contributed by atoms with Crippen molar-refractivity contribution in [3.63, 3.8) is 0 Å². The van der Waals surface area contributed by atoms with Crippen LogP contribution in [-0.4, -0.2) is 57.0 Å². The molecule has 1 heterocycles. The molecule has 1 aromatic rings. The Morgan fingerprint density at radius 3 is 2.58 bits per heavy atom. The van der Waals surface area contributed by atoms with Crippen LogP contribution in [0, 0.1) is 6.92 Å². The molecular formula is C14H20N4O6. The van der Waals surface area contributed by atoms with E-state index in [1.54, 1.807) is 6.92 Å². The van der Waals surface area contributed by atoms with E-state index in [0.717, 1.165) is 9.47 Å². The molecular weight excluding hydrogens is 320 g/mol. The minimum atomic E-state index is -1.21. The van der Waals surface area contributed by atoms with E-state index in [9.17, 15) is 24.0 Å². The highest BCUT2D eigenvalue weighted by molar-refractivity contribution is 5.81. The van der Waals surface area contributed by atoms with Crippen LogP contribution in [0.3, 0.4) is 0 Å². The van der Waals surface area contributed by atoms with Crippen molar-refractivity contribution < 1.29 is 19.5 Å². The summed E-state index contributed by atoms with van der Waals surface area (Å²) in [5.74, 6) is -2.04. The number of aliphatic carboxylic acids is 1. The molecule has 3 N–H and O–H groups in total. The molecule has 2 amide bonds. The lowest BCUT2D eigenvalue weighted by atomic mass is 10.3. The van der Waals surface area contributed by atoms with Gasteiger partial charge >= 0.3 is 11.7 Å². The van der Waals surface area contributed by atoms with Crippen LogP contribution in [0.5, 0.6) is 0 Å². The van der Waals surface area contributed by atoms with Crippen LogP contribution in [0.25, 0.3) is 0 Å². The van der Waals surface area contributed by atoms with Crippen LogP contribution in [0.2, 0.25) is 0 Å². The van der Waals surface area contributed by atoms with Crippen LogP contribution in [0.4, 0.5) is 0 Å². The second kappa shape index (κ2) is 8.65. The first-order valence-corrected chi connectivity index (χ1v) is 7.31. The molecule has 0 spiro atoms. The third-order valence-electron chi connectivity index (χ3n) is 3.20. The molecule has 1 aromatic heterocycles. The number of aryl methyl sites for hydroxylation is 1. The van der Waals surface area contributed by atoms with E-state index in [1.807, 2.05) is 0 Å². The minimum Gasteiger partial charge on any atom is -0.480 e. The highest BCUT2D eigenvalue weighted by Gasteiger charge is 2.18.